The topological polar surface area (TPSA) is 58.1 Å². The van der Waals surface area contributed by atoms with Gasteiger partial charge >= 0.3 is 6.03 Å². The number of aryl methyl sites for hydroxylation is 1. The van der Waals surface area contributed by atoms with Gasteiger partial charge in [-0.15, -0.1) is 0 Å². The van der Waals surface area contributed by atoms with Gasteiger partial charge in [0.05, 0.1) is 29.7 Å². The monoisotopic (exact) mass is 402 g/mol. The highest BCUT2D eigenvalue weighted by Crippen LogP contribution is 2.47. The summed E-state index contributed by atoms with van der Waals surface area (Å²) in [6.45, 7) is 4.57. The van der Waals surface area contributed by atoms with Crippen molar-refractivity contribution in [1.82, 2.24) is 15.3 Å². The minimum Gasteiger partial charge on any atom is -0.330 e. The van der Waals surface area contributed by atoms with Gasteiger partial charge in [-0.3, -0.25) is 4.90 Å². The smallest absolute Gasteiger partial charge is 0.322 e. The van der Waals surface area contributed by atoms with E-state index in [-0.39, 0.29) is 28.1 Å². The summed E-state index contributed by atoms with van der Waals surface area (Å²) in [4.78, 5) is 22.6. The lowest BCUT2D eigenvalue weighted by atomic mass is 9.63. The fraction of sp³-hybridized carbons (Fsp3) is 0.476. The van der Waals surface area contributed by atoms with Crippen LogP contribution in [0.1, 0.15) is 50.3 Å². The zero-order valence-electron chi connectivity index (χ0n) is 16.1. The maximum atomic E-state index is 13.8. The second-order valence-corrected chi connectivity index (χ2v) is 8.39. The Kier molecular flexibility index (Phi) is 4.78. The number of halogens is 2. The number of carbonyl (C=O) groups is 1. The number of benzene rings is 1. The van der Waals surface area contributed by atoms with Crippen molar-refractivity contribution in [2.45, 2.75) is 56.9 Å². The molecule has 1 aliphatic heterocycles. The highest BCUT2D eigenvalue weighted by atomic mass is 35.5. The van der Waals surface area contributed by atoms with Crippen LogP contribution in [0.15, 0.2) is 30.5 Å². The predicted molar refractivity (Wildman–Crippen MR) is 107 cm³/mol. The first-order valence-electron chi connectivity index (χ1n) is 9.71. The van der Waals surface area contributed by atoms with E-state index in [1.165, 1.54) is 6.07 Å². The lowest BCUT2D eigenvalue weighted by Crippen LogP contribution is -2.49. The Labute approximate surface area is 169 Å². The SMILES string of the molecule is CCC1(c2cccc(F)c2)CCC2(CC1)CN(c1cnc(Cl)nc1C)C(=O)N2. The van der Waals surface area contributed by atoms with Crippen LogP contribution in [0.5, 0.6) is 0 Å². The van der Waals surface area contributed by atoms with Crippen LogP contribution in [-0.2, 0) is 5.41 Å². The van der Waals surface area contributed by atoms with Crippen LogP contribution in [0.2, 0.25) is 5.28 Å². The number of rotatable bonds is 3. The number of hydrogen-bond acceptors (Lipinski definition) is 3. The molecule has 2 fully saturated rings. The molecule has 4 rings (SSSR count). The first-order valence-corrected chi connectivity index (χ1v) is 10.1. The Morgan fingerprint density at radius 1 is 1.29 bits per heavy atom. The molecule has 1 aromatic heterocycles. The lowest BCUT2D eigenvalue weighted by Gasteiger charge is -2.44. The van der Waals surface area contributed by atoms with Gasteiger partial charge in [0.25, 0.3) is 0 Å². The van der Waals surface area contributed by atoms with E-state index < -0.39 is 0 Å². The minimum absolute atomic E-state index is 0.0369. The van der Waals surface area contributed by atoms with Crippen molar-refractivity contribution >= 4 is 23.3 Å². The first kappa shape index (κ1) is 19.1. The summed E-state index contributed by atoms with van der Waals surface area (Å²) in [5.41, 5.74) is 2.13. The summed E-state index contributed by atoms with van der Waals surface area (Å²) < 4.78 is 13.8. The van der Waals surface area contributed by atoms with Gasteiger partial charge in [0.15, 0.2) is 0 Å². The van der Waals surface area contributed by atoms with E-state index in [0.29, 0.717) is 17.9 Å². The maximum Gasteiger partial charge on any atom is 0.322 e. The van der Waals surface area contributed by atoms with Crippen molar-refractivity contribution in [3.05, 3.63) is 52.8 Å². The Bertz CT molecular complexity index is 911. The quantitative estimate of drug-likeness (QED) is 0.752. The standard InChI is InChI=1S/C21H24ClFN4O/c1-3-20(15-5-4-6-16(23)11-15)7-9-21(10-8-20)13-27(19(28)26-21)17-12-24-18(22)25-14(17)2/h4-6,11-12H,3,7-10,13H2,1-2H3,(H,26,28). The summed E-state index contributed by atoms with van der Waals surface area (Å²) in [5.74, 6) is -0.191. The molecule has 7 heteroatoms. The van der Waals surface area contributed by atoms with Crippen LogP contribution in [-0.4, -0.2) is 28.1 Å². The van der Waals surface area contributed by atoms with E-state index in [1.54, 1.807) is 23.2 Å². The van der Waals surface area contributed by atoms with Gasteiger partial charge in [0.1, 0.15) is 5.82 Å². The molecule has 1 saturated carbocycles. The Morgan fingerprint density at radius 3 is 2.68 bits per heavy atom. The van der Waals surface area contributed by atoms with Gasteiger partial charge in [-0.25, -0.2) is 19.2 Å². The number of nitrogens with one attached hydrogen (secondary N) is 1. The highest BCUT2D eigenvalue weighted by molar-refractivity contribution is 6.28. The number of amides is 2. The van der Waals surface area contributed by atoms with E-state index in [9.17, 15) is 9.18 Å². The zero-order valence-corrected chi connectivity index (χ0v) is 16.9. The Balaban J connectivity index is 1.55. The van der Waals surface area contributed by atoms with E-state index in [1.807, 2.05) is 13.0 Å². The number of aromatic nitrogens is 2. The van der Waals surface area contributed by atoms with Crippen molar-refractivity contribution in [2.24, 2.45) is 0 Å². The van der Waals surface area contributed by atoms with Crippen LogP contribution < -0.4 is 10.2 Å². The highest BCUT2D eigenvalue weighted by Gasteiger charge is 2.49. The number of nitrogens with zero attached hydrogens (tertiary/aromatic N) is 3. The normalized spacial score (nSPS) is 27.3. The Morgan fingerprint density at radius 2 is 2.04 bits per heavy atom. The first-order chi connectivity index (χ1) is 13.4. The molecule has 0 bridgehead atoms. The molecule has 0 radical (unpaired) electrons. The summed E-state index contributed by atoms with van der Waals surface area (Å²) in [6, 6.07) is 6.84. The van der Waals surface area contributed by atoms with E-state index in [2.05, 4.69) is 22.2 Å². The fourth-order valence-electron chi connectivity index (χ4n) is 4.76. The third kappa shape index (κ3) is 3.24. The molecule has 2 amide bonds. The molecule has 1 aromatic carbocycles. The number of hydrogen-bond donors (Lipinski definition) is 1. The van der Waals surface area contributed by atoms with Gasteiger partial charge < -0.3 is 5.32 Å². The lowest BCUT2D eigenvalue weighted by molar-refractivity contribution is 0.184. The average Bonchev–Trinajstić information content (AvgIpc) is 2.99. The molecule has 1 spiro atoms. The summed E-state index contributed by atoms with van der Waals surface area (Å²) in [7, 11) is 0. The molecule has 1 aliphatic carbocycles. The third-order valence-electron chi connectivity index (χ3n) is 6.57. The van der Waals surface area contributed by atoms with Gasteiger partial charge in [0, 0.05) is 0 Å². The van der Waals surface area contributed by atoms with E-state index >= 15 is 0 Å². The number of anilines is 1. The van der Waals surface area contributed by atoms with Crippen molar-refractivity contribution in [3.8, 4) is 0 Å². The van der Waals surface area contributed by atoms with Crippen molar-refractivity contribution < 1.29 is 9.18 Å². The largest absolute Gasteiger partial charge is 0.330 e. The van der Waals surface area contributed by atoms with Crippen molar-refractivity contribution in [1.29, 1.82) is 0 Å². The molecule has 5 nitrogen and oxygen atoms in total. The number of urea groups is 1. The van der Waals surface area contributed by atoms with Crippen LogP contribution in [0.4, 0.5) is 14.9 Å². The zero-order chi connectivity index (χ0) is 19.9. The molecular formula is C21H24ClFN4O. The van der Waals surface area contributed by atoms with Crippen LogP contribution in [0.3, 0.4) is 0 Å². The van der Waals surface area contributed by atoms with Gasteiger partial charge in [0.2, 0.25) is 5.28 Å². The molecule has 0 unspecified atom stereocenters. The average molecular weight is 403 g/mol. The van der Waals surface area contributed by atoms with Crippen LogP contribution >= 0.6 is 11.6 Å². The summed E-state index contributed by atoms with van der Waals surface area (Å²) >= 11 is 5.85. The summed E-state index contributed by atoms with van der Waals surface area (Å²) in [5, 5.41) is 3.39. The molecule has 2 aromatic rings. The fourth-order valence-corrected chi connectivity index (χ4v) is 4.93. The third-order valence-corrected chi connectivity index (χ3v) is 6.75. The summed E-state index contributed by atoms with van der Waals surface area (Å²) in [6.07, 6.45) is 6.10. The molecule has 2 heterocycles. The van der Waals surface area contributed by atoms with Crippen molar-refractivity contribution in [3.63, 3.8) is 0 Å². The number of carbonyl (C=O) groups excluding carboxylic acids is 1. The van der Waals surface area contributed by atoms with Crippen LogP contribution in [0.25, 0.3) is 0 Å². The molecule has 28 heavy (non-hydrogen) atoms. The maximum absolute atomic E-state index is 13.8. The molecule has 0 atom stereocenters. The van der Waals surface area contributed by atoms with E-state index in [0.717, 1.165) is 37.7 Å². The molecule has 1 saturated heterocycles. The second-order valence-electron chi connectivity index (χ2n) is 8.05. The minimum atomic E-state index is -0.269. The van der Waals surface area contributed by atoms with Crippen molar-refractivity contribution in [2.75, 3.05) is 11.4 Å². The molecule has 2 aliphatic rings. The second kappa shape index (κ2) is 6.99. The molecule has 1 N–H and O–H groups in total. The van der Waals surface area contributed by atoms with Gasteiger partial charge in [-0.05, 0) is 73.7 Å². The van der Waals surface area contributed by atoms with E-state index in [4.69, 9.17) is 11.6 Å². The Hall–Kier alpha value is -2.21. The molecule has 148 valence electrons. The molecular weight excluding hydrogens is 379 g/mol. The van der Waals surface area contributed by atoms with Gasteiger partial charge in [-0.2, -0.15) is 0 Å². The van der Waals surface area contributed by atoms with Gasteiger partial charge in [-0.1, -0.05) is 19.1 Å². The van der Waals surface area contributed by atoms with Crippen LogP contribution in [0, 0.1) is 12.7 Å². The predicted octanol–water partition coefficient (Wildman–Crippen LogP) is 4.77.